The van der Waals surface area contributed by atoms with Crippen LogP contribution in [0.2, 0.25) is 0 Å². The molecule has 1 saturated heterocycles. The molecule has 0 amide bonds. The van der Waals surface area contributed by atoms with Crippen LogP contribution >= 0.6 is 11.3 Å². The smallest absolute Gasteiger partial charge is 0.0897 e. The summed E-state index contributed by atoms with van der Waals surface area (Å²) >= 11 is 1.77. The van der Waals surface area contributed by atoms with Crippen LogP contribution in [-0.2, 0) is 6.54 Å². The monoisotopic (exact) mass is 295 g/mol. The first kappa shape index (κ1) is 15.9. The highest BCUT2D eigenvalue weighted by molar-refractivity contribution is 7.09. The Morgan fingerprint density at radius 1 is 1.50 bits per heavy atom. The zero-order valence-electron chi connectivity index (χ0n) is 13.4. The third-order valence-electron chi connectivity index (χ3n) is 4.55. The zero-order valence-corrected chi connectivity index (χ0v) is 14.2. The van der Waals surface area contributed by atoms with Crippen LogP contribution in [0.5, 0.6) is 0 Å². The molecule has 0 radical (unpaired) electrons. The van der Waals surface area contributed by atoms with E-state index in [4.69, 9.17) is 0 Å². The van der Waals surface area contributed by atoms with E-state index in [0.717, 1.165) is 25.6 Å². The highest BCUT2D eigenvalue weighted by Gasteiger charge is 2.29. The molecule has 1 N–H and O–H groups in total. The van der Waals surface area contributed by atoms with Gasteiger partial charge in [-0.25, -0.2) is 4.98 Å². The van der Waals surface area contributed by atoms with Crippen LogP contribution in [0.4, 0.5) is 0 Å². The van der Waals surface area contributed by atoms with E-state index in [9.17, 15) is 0 Å². The molecule has 0 aliphatic carbocycles. The molecule has 3 nitrogen and oxygen atoms in total. The second-order valence-electron chi connectivity index (χ2n) is 6.13. The average molecular weight is 295 g/mol. The van der Waals surface area contributed by atoms with Crippen molar-refractivity contribution in [2.75, 3.05) is 13.1 Å². The number of thiazole rings is 1. The van der Waals surface area contributed by atoms with Gasteiger partial charge in [0.15, 0.2) is 0 Å². The van der Waals surface area contributed by atoms with E-state index in [1.807, 2.05) is 0 Å². The quantitative estimate of drug-likeness (QED) is 0.871. The van der Waals surface area contributed by atoms with Crippen LogP contribution in [0.3, 0.4) is 0 Å². The lowest BCUT2D eigenvalue weighted by molar-refractivity contribution is 0.0949. The fraction of sp³-hybridized carbons (Fsp3) is 0.812. The maximum atomic E-state index is 4.65. The van der Waals surface area contributed by atoms with E-state index < -0.39 is 0 Å². The molecule has 1 aromatic rings. The molecule has 2 rings (SSSR count). The summed E-state index contributed by atoms with van der Waals surface area (Å²) in [5.41, 5.74) is 1.25. The first-order chi connectivity index (χ1) is 9.63. The van der Waals surface area contributed by atoms with Crippen LogP contribution in [0.15, 0.2) is 5.38 Å². The number of hydrogen-bond donors (Lipinski definition) is 1. The Hall–Kier alpha value is -0.450. The number of rotatable bonds is 6. The lowest BCUT2D eigenvalue weighted by Gasteiger charge is -2.42. The Labute approximate surface area is 127 Å². The maximum absolute atomic E-state index is 4.65. The second-order valence-corrected chi connectivity index (χ2v) is 7.19. The van der Waals surface area contributed by atoms with E-state index in [1.165, 1.54) is 30.0 Å². The van der Waals surface area contributed by atoms with Gasteiger partial charge in [-0.15, -0.1) is 11.3 Å². The predicted octanol–water partition coefficient (Wildman–Crippen LogP) is 3.44. The van der Waals surface area contributed by atoms with Crippen molar-refractivity contribution in [3.8, 4) is 0 Å². The summed E-state index contributed by atoms with van der Waals surface area (Å²) in [6.45, 7) is 12.3. The number of piperazine rings is 1. The van der Waals surface area contributed by atoms with Crippen LogP contribution < -0.4 is 5.32 Å². The molecule has 3 atom stereocenters. The highest BCUT2D eigenvalue weighted by Crippen LogP contribution is 2.21. The summed E-state index contributed by atoms with van der Waals surface area (Å²) in [5.74, 6) is 0.747. The van der Waals surface area contributed by atoms with E-state index in [-0.39, 0.29) is 0 Å². The van der Waals surface area contributed by atoms with Crippen molar-refractivity contribution in [3.63, 3.8) is 0 Å². The van der Waals surface area contributed by atoms with Crippen molar-refractivity contribution in [1.82, 2.24) is 15.2 Å². The highest BCUT2D eigenvalue weighted by atomic mass is 32.1. The van der Waals surface area contributed by atoms with Gasteiger partial charge in [-0.2, -0.15) is 0 Å². The number of nitrogens with one attached hydrogen (secondary N) is 1. The Morgan fingerprint density at radius 2 is 2.30 bits per heavy atom. The molecule has 1 aromatic heterocycles. The lowest BCUT2D eigenvalue weighted by Crippen LogP contribution is -2.57. The van der Waals surface area contributed by atoms with Crippen LogP contribution in [-0.4, -0.2) is 35.1 Å². The second kappa shape index (κ2) is 7.53. The summed E-state index contributed by atoms with van der Waals surface area (Å²) in [7, 11) is 0. The summed E-state index contributed by atoms with van der Waals surface area (Å²) in [6, 6.07) is 1.30. The van der Waals surface area contributed by atoms with Crippen molar-refractivity contribution in [1.29, 1.82) is 0 Å². The Kier molecular flexibility index (Phi) is 6.00. The summed E-state index contributed by atoms with van der Waals surface area (Å²) in [5, 5.41) is 7.17. The molecular weight excluding hydrogens is 266 g/mol. The number of hydrogen-bond acceptors (Lipinski definition) is 4. The van der Waals surface area contributed by atoms with Gasteiger partial charge in [0.05, 0.1) is 10.7 Å². The van der Waals surface area contributed by atoms with Crippen LogP contribution in [0.1, 0.15) is 50.7 Å². The molecule has 20 heavy (non-hydrogen) atoms. The summed E-state index contributed by atoms with van der Waals surface area (Å²) < 4.78 is 0. The van der Waals surface area contributed by atoms with E-state index in [2.05, 4.69) is 48.3 Å². The molecule has 0 saturated carbocycles. The van der Waals surface area contributed by atoms with Crippen molar-refractivity contribution in [3.05, 3.63) is 16.1 Å². The molecule has 0 aromatic carbocycles. The molecule has 0 bridgehead atoms. The van der Waals surface area contributed by atoms with Gasteiger partial charge < -0.3 is 5.32 Å². The van der Waals surface area contributed by atoms with Crippen molar-refractivity contribution in [2.24, 2.45) is 5.92 Å². The standard InChI is InChI=1S/C16H29N3S/c1-5-7-15-8-17-16(12(3)6-2)10-19(15)9-14-11-20-13(4)18-14/h11-12,15-17H,5-10H2,1-4H3. The van der Waals surface area contributed by atoms with Crippen LogP contribution in [0.25, 0.3) is 0 Å². The minimum absolute atomic E-state index is 0.632. The summed E-state index contributed by atoms with van der Waals surface area (Å²) in [4.78, 5) is 7.30. The van der Waals surface area contributed by atoms with E-state index in [0.29, 0.717) is 12.1 Å². The molecular formula is C16H29N3S. The molecule has 1 aliphatic rings. The van der Waals surface area contributed by atoms with Gasteiger partial charge >= 0.3 is 0 Å². The number of aromatic nitrogens is 1. The largest absolute Gasteiger partial charge is 0.311 e. The third kappa shape index (κ3) is 4.03. The van der Waals surface area contributed by atoms with Gasteiger partial charge in [-0.3, -0.25) is 4.90 Å². The normalized spacial score (nSPS) is 25.8. The molecule has 3 unspecified atom stereocenters. The van der Waals surface area contributed by atoms with E-state index in [1.54, 1.807) is 11.3 Å². The Morgan fingerprint density at radius 3 is 2.90 bits per heavy atom. The minimum Gasteiger partial charge on any atom is -0.311 e. The van der Waals surface area contributed by atoms with Gasteiger partial charge in [0.2, 0.25) is 0 Å². The Bertz CT molecular complexity index is 404. The fourth-order valence-electron chi connectivity index (χ4n) is 3.05. The lowest BCUT2D eigenvalue weighted by atomic mass is 9.94. The van der Waals surface area contributed by atoms with Crippen LogP contribution in [0, 0.1) is 12.8 Å². The van der Waals surface area contributed by atoms with Crippen molar-refractivity contribution >= 4 is 11.3 Å². The molecule has 1 aliphatic heterocycles. The van der Waals surface area contributed by atoms with Gasteiger partial charge in [0, 0.05) is 37.1 Å². The Balaban J connectivity index is 2.02. The summed E-state index contributed by atoms with van der Waals surface area (Å²) in [6.07, 6.45) is 3.79. The van der Waals surface area contributed by atoms with Crippen molar-refractivity contribution < 1.29 is 0 Å². The van der Waals surface area contributed by atoms with Gasteiger partial charge in [0.25, 0.3) is 0 Å². The molecule has 0 spiro atoms. The molecule has 4 heteroatoms. The molecule has 2 heterocycles. The fourth-order valence-corrected chi connectivity index (χ4v) is 3.65. The predicted molar refractivity (Wildman–Crippen MR) is 87.2 cm³/mol. The first-order valence-electron chi connectivity index (χ1n) is 8.02. The topological polar surface area (TPSA) is 28.2 Å². The molecule has 114 valence electrons. The third-order valence-corrected chi connectivity index (χ3v) is 5.37. The zero-order chi connectivity index (χ0) is 14.5. The van der Waals surface area contributed by atoms with E-state index >= 15 is 0 Å². The van der Waals surface area contributed by atoms with Crippen molar-refractivity contribution in [2.45, 2.75) is 65.6 Å². The van der Waals surface area contributed by atoms with Gasteiger partial charge in [-0.1, -0.05) is 33.6 Å². The number of nitrogens with zero attached hydrogens (tertiary/aromatic N) is 2. The van der Waals surface area contributed by atoms with Gasteiger partial charge in [-0.05, 0) is 19.3 Å². The number of aryl methyl sites for hydroxylation is 1. The van der Waals surface area contributed by atoms with Gasteiger partial charge in [0.1, 0.15) is 0 Å². The maximum Gasteiger partial charge on any atom is 0.0897 e. The SMILES string of the molecule is CCCC1CNC(C(C)CC)CN1Cc1csc(C)n1. The first-order valence-corrected chi connectivity index (χ1v) is 8.90. The average Bonchev–Trinajstić information content (AvgIpc) is 2.85. The minimum atomic E-state index is 0.632. The molecule has 1 fully saturated rings.